The summed E-state index contributed by atoms with van der Waals surface area (Å²) in [7, 11) is 0. The van der Waals surface area contributed by atoms with Crippen molar-refractivity contribution in [2.45, 2.75) is 37.8 Å². The van der Waals surface area contributed by atoms with E-state index in [9.17, 15) is 9.59 Å². The zero-order valence-corrected chi connectivity index (χ0v) is 12.9. The molecule has 0 atom stereocenters. The minimum atomic E-state index is -0.683. The molecule has 2 aromatic rings. The third-order valence-corrected chi connectivity index (χ3v) is 4.71. The molecule has 9 heteroatoms. The number of aromatic nitrogens is 3. The summed E-state index contributed by atoms with van der Waals surface area (Å²) in [5.74, 6) is -0.307. The molecular weight excluding hydrogens is 322 g/mol. The molecule has 0 aromatic carbocycles. The molecule has 0 unspecified atom stereocenters. The first-order valence-corrected chi connectivity index (χ1v) is 7.80. The molecule has 0 saturated heterocycles. The molecule has 0 bridgehead atoms. The topological polar surface area (TPSA) is 102 Å². The van der Waals surface area contributed by atoms with Crippen molar-refractivity contribution in [1.82, 2.24) is 20.1 Å². The van der Waals surface area contributed by atoms with Crippen LogP contribution in [0.2, 0.25) is 5.02 Å². The SMILES string of the molecule is O=C1NC2(CCCCC2)n2c1c(Cl)cc(Nc1nnco1)c2=O. The molecule has 8 nitrogen and oxygen atoms in total. The monoisotopic (exact) mass is 335 g/mol. The number of hydrogen-bond acceptors (Lipinski definition) is 6. The van der Waals surface area contributed by atoms with Crippen LogP contribution < -0.4 is 16.2 Å². The average Bonchev–Trinajstić information content (AvgIpc) is 3.12. The van der Waals surface area contributed by atoms with E-state index in [0.717, 1.165) is 25.7 Å². The standard InChI is InChI=1S/C14H14ClN5O3/c15-8-6-9(17-13-19-16-7-23-13)12(22)20-10(8)11(21)18-14(20)4-2-1-3-5-14/h6-7H,1-5H2,(H,17,19)(H,18,21). The summed E-state index contributed by atoms with van der Waals surface area (Å²) in [6.45, 7) is 0. The van der Waals surface area contributed by atoms with Crippen molar-refractivity contribution in [2.24, 2.45) is 0 Å². The largest absolute Gasteiger partial charge is 0.411 e. The highest BCUT2D eigenvalue weighted by Gasteiger charge is 2.45. The normalized spacial score (nSPS) is 18.7. The Hall–Kier alpha value is -2.35. The van der Waals surface area contributed by atoms with Crippen molar-refractivity contribution in [1.29, 1.82) is 0 Å². The van der Waals surface area contributed by atoms with Crippen LogP contribution in [0, 0.1) is 0 Å². The lowest BCUT2D eigenvalue weighted by Gasteiger charge is -2.35. The second kappa shape index (κ2) is 5.09. The van der Waals surface area contributed by atoms with Crippen molar-refractivity contribution < 1.29 is 9.21 Å². The van der Waals surface area contributed by atoms with Gasteiger partial charge in [0.15, 0.2) is 0 Å². The lowest BCUT2D eigenvalue weighted by atomic mass is 9.89. The molecule has 2 aliphatic rings. The van der Waals surface area contributed by atoms with Crippen LogP contribution in [0.3, 0.4) is 0 Å². The number of carbonyl (C=O) groups excluding carboxylic acids is 1. The lowest BCUT2D eigenvalue weighted by molar-refractivity contribution is 0.0877. The fourth-order valence-corrected chi connectivity index (χ4v) is 3.73. The third-order valence-electron chi connectivity index (χ3n) is 4.43. The summed E-state index contributed by atoms with van der Waals surface area (Å²) in [6, 6.07) is 1.51. The summed E-state index contributed by atoms with van der Waals surface area (Å²) in [4.78, 5) is 25.2. The molecular formula is C14H14ClN5O3. The second-order valence-electron chi connectivity index (χ2n) is 5.81. The van der Waals surface area contributed by atoms with Crippen LogP contribution in [0.4, 0.5) is 11.7 Å². The van der Waals surface area contributed by atoms with Gasteiger partial charge in [-0.25, -0.2) is 0 Å². The lowest BCUT2D eigenvalue weighted by Crippen LogP contribution is -2.48. The van der Waals surface area contributed by atoms with Gasteiger partial charge in [-0.15, -0.1) is 5.10 Å². The molecule has 3 heterocycles. The molecule has 23 heavy (non-hydrogen) atoms. The number of carbonyl (C=O) groups is 1. The number of amides is 1. The van der Waals surface area contributed by atoms with Gasteiger partial charge >= 0.3 is 6.01 Å². The van der Waals surface area contributed by atoms with Crippen molar-refractivity contribution in [3.8, 4) is 0 Å². The predicted octanol–water partition coefficient (Wildman–Crippen LogP) is 1.99. The summed E-state index contributed by atoms with van der Waals surface area (Å²) >= 11 is 6.26. The summed E-state index contributed by atoms with van der Waals surface area (Å²) in [5, 5.41) is 13.2. The van der Waals surface area contributed by atoms with Crippen molar-refractivity contribution in [3.63, 3.8) is 0 Å². The number of rotatable bonds is 2. The van der Waals surface area contributed by atoms with E-state index < -0.39 is 5.66 Å². The van der Waals surface area contributed by atoms with Crippen LogP contribution in [0.5, 0.6) is 0 Å². The van der Waals surface area contributed by atoms with E-state index in [1.165, 1.54) is 10.6 Å². The zero-order valence-electron chi connectivity index (χ0n) is 12.1. The summed E-state index contributed by atoms with van der Waals surface area (Å²) < 4.78 is 6.50. The van der Waals surface area contributed by atoms with E-state index in [0.29, 0.717) is 12.8 Å². The van der Waals surface area contributed by atoms with Gasteiger partial charge in [-0.2, -0.15) is 0 Å². The Morgan fingerprint density at radius 1 is 1.30 bits per heavy atom. The molecule has 1 aliphatic heterocycles. The molecule has 1 aliphatic carbocycles. The first kappa shape index (κ1) is 14.3. The Morgan fingerprint density at radius 3 is 2.78 bits per heavy atom. The predicted molar refractivity (Wildman–Crippen MR) is 81.8 cm³/mol. The van der Waals surface area contributed by atoms with Gasteiger partial charge in [0.25, 0.3) is 11.5 Å². The van der Waals surface area contributed by atoms with Gasteiger partial charge in [0.1, 0.15) is 17.0 Å². The minimum absolute atomic E-state index is 0.0914. The van der Waals surface area contributed by atoms with Gasteiger partial charge in [0.05, 0.1) is 5.02 Å². The Morgan fingerprint density at radius 2 is 2.09 bits per heavy atom. The highest BCUT2D eigenvalue weighted by molar-refractivity contribution is 6.34. The molecule has 4 rings (SSSR count). The highest BCUT2D eigenvalue weighted by atomic mass is 35.5. The van der Waals surface area contributed by atoms with E-state index >= 15 is 0 Å². The third kappa shape index (κ3) is 2.13. The maximum atomic E-state index is 12.9. The number of fused-ring (bicyclic) bond motifs is 2. The molecule has 2 N–H and O–H groups in total. The first-order chi connectivity index (χ1) is 11.1. The number of halogens is 1. The Kier molecular flexibility index (Phi) is 3.15. The maximum Gasteiger partial charge on any atom is 0.319 e. The zero-order chi connectivity index (χ0) is 16.0. The minimum Gasteiger partial charge on any atom is -0.411 e. The van der Waals surface area contributed by atoms with Crippen molar-refractivity contribution in [2.75, 3.05) is 5.32 Å². The maximum absolute atomic E-state index is 12.9. The Bertz CT molecular complexity index is 824. The molecule has 2 aromatic heterocycles. The smallest absolute Gasteiger partial charge is 0.319 e. The van der Waals surface area contributed by atoms with E-state index in [-0.39, 0.29) is 33.9 Å². The average molecular weight is 336 g/mol. The molecule has 120 valence electrons. The van der Waals surface area contributed by atoms with E-state index in [4.69, 9.17) is 16.0 Å². The van der Waals surface area contributed by atoms with Crippen LogP contribution in [0.1, 0.15) is 42.6 Å². The number of nitrogens with one attached hydrogen (secondary N) is 2. The number of hydrogen-bond donors (Lipinski definition) is 2. The van der Waals surface area contributed by atoms with Crippen LogP contribution >= 0.6 is 11.6 Å². The van der Waals surface area contributed by atoms with Gasteiger partial charge < -0.3 is 15.1 Å². The Balaban J connectivity index is 1.87. The first-order valence-electron chi connectivity index (χ1n) is 7.42. The van der Waals surface area contributed by atoms with Gasteiger partial charge in [-0.1, -0.05) is 23.1 Å². The molecule has 1 amide bonds. The van der Waals surface area contributed by atoms with Crippen LogP contribution in [-0.4, -0.2) is 20.7 Å². The molecule has 1 spiro atoms. The van der Waals surface area contributed by atoms with E-state index in [1.807, 2.05) is 0 Å². The van der Waals surface area contributed by atoms with E-state index in [1.54, 1.807) is 0 Å². The molecule has 1 fully saturated rings. The molecule has 0 radical (unpaired) electrons. The Labute approximate surface area is 135 Å². The molecule has 1 saturated carbocycles. The van der Waals surface area contributed by atoms with Gasteiger partial charge in [0, 0.05) is 0 Å². The van der Waals surface area contributed by atoms with Gasteiger partial charge in [-0.3, -0.25) is 14.2 Å². The van der Waals surface area contributed by atoms with Gasteiger partial charge in [0.2, 0.25) is 6.39 Å². The van der Waals surface area contributed by atoms with Crippen LogP contribution in [-0.2, 0) is 5.66 Å². The fourth-order valence-electron chi connectivity index (χ4n) is 3.45. The van der Waals surface area contributed by atoms with Crippen molar-refractivity contribution >= 4 is 29.2 Å². The van der Waals surface area contributed by atoms with E-state index in [2.05, 4.69) is 20.8 Å². The highest BCUT2D eigenvalue weighted by Crippen LogP contribution is 2.38. The fraction of sp³-hybridized carbons (Fsp3) is 0.429. The van der Waals surface area contributed by atoms with Crippen molar-refractivity contribution in [3.05, 3.63) is 33.5 Å². The summed E-state index contributed by atoms with van der Waals surface area (Å²) in [6.07, 6.45) is 5.58. The van der Waals surface area contributed by atoms with Crippen LogP contribution in [0.25, 0.3) is 0 Å². The summed E-state index contributed by atoms with van der Waals surface area (Å²) in [5.41, 5.74) is -0.597. The second-order valence-corrected chi connectivity index (χ2v) is 6.22. The number of nitrogens with zero attached hydrogens (tertiary/aromatic N) is 3. The quantitative estimate of drug-likeness (QED) is 0.870. The van der Waals surface area contributed by atoms with Gasteiger partial charge in [-0.05, 0) is 31.7 Å². The van der Waals surface area contributed by atoms with Crippen LogP contribution in [0.15, 0.2) is 21.7 Å². The number of pyridine rings is 1. The number of anilines is 2.